The van der Waals surface area contributed by atoms with Crippen LogP contribution in [0.5, 0.6) is 0 Å². The third kappa shape index (κ3) is 6.96. The van der Waals surface area contributed by atoms with E-state index in [4.69, 9.17) is 4.74 Å². The average molecular weight is 297 g/mol. The molecule has 0 saturated heterocycles. The molecule has 1 amide bonds. The minimum Gasteiger partial charge on any atom is -0.460 e. The highest BCUT2D eigenvalue weighted by atomic mass is 16.6. The van der Waals surface area contributed by atoms with E-state index in [0.717, 1.165) is 6.42 Å². The van der Waals surface area contributed by atoms with Gasteiger partial charge in [0.05, 0.1) is 6.42 Å². The van der Waals surface area contributed by atoms with E-state index in [2.05, 4.69) is 0 Å². The van der Waals surface area contributed by atoms with E-state index in [1.165, 1.54) is 32.1 Å². The van der Waals surface area contributed by atoms with Crippen molar-refractivity contribution in [1.29, 1.82) is 0 Å². The minimum absolute atomic E-state index is 0.0476. The fraction of sp³-hybridized carbons (Fsp3) is 0.882. The van der Waals surface area contributed by atoms with Crippen molar-refractivity contribution in [3.05, 3.63) is 0 Å². The highest BCUT2D eigenvalue weighted by Gasteiger charge is 2.29. The zero-order chi connectivity index (χ0) is 16.0. The molecule has 1 fully saturated rings. The van der Waals surface area contributed by atoms with Crippen molar-refractivity contribution in [2.75, 3.05) is 14.1 Å². The summed E-state index contributed by atoms with van der Waals surface area (Å²) in [5.74, 6) is 0.123. The first kappa shape index (κ1) is 18.0. The molecule has 0 N–H and O–H groups in total. The standard InChI is InChI=1S/C17H31NO3/c1-17(2,3)21-15(19)12-14(16(20)18(4)5)11-13-9-7-6-8-10-13/h13-14H,6-12H2,1-5H3/t14-/m1/s1. The fourth-order valence-electron chi connectivity index (χ4n) is 3.05. The van der Waals surface area contributed by atoms with E-state index in [1.54, 1.807) is 19.0 Å². The molecule has 4 nitrogen and oxygen atoms in total. The molecule has 0 radical (unpaired) electrons. The molecule has 0 heterocycles. The van der Waals surface area contributed by atoms with Crippen LogP contribution in [0, 0.1) is 11.8 Å². The highest BCUT2D eigenvalue weighted by Crippen LogP contribution is 2.31. The molecule has 122 valence electrons. The van der Waals surface area contributed by atoms with Gasteiger partial charge in [-0.25, -0.2) is 0 Å². The van der Waals surface area contributed by atoms with Gasteiger partial charge in [0.15, 0.2) is 0 Å². The topological polar surface area (TPSA) is 46.6 Å². The van der Waals surface area contributed by atoms with Gasteiger partial charge in [-0.15, -0.1) is 0 Å². The number of esters is 1. The van der Waals surface area contributed by atoms with E-state index in [1.807, 2.05) is 20.8 Å². The molecule has 1 saturated carbocycles. The van der Waals surface area contributed by atoms with Gasteiger partial charge in [-0.1, -0.05) is 32.1 Å². The number of rotatable bonds is 5. The van der Waals surface area contributed by atoms with Crippen molar-refractivity contribution >= 4 is 11.9 Å². The number of hydrogen-bond donors (Lipinski definition) is 0. The minimum atomic E-state index is -0.492. The number of nitrogens with zero attached hydrogens (tertiary/aromatic N) is 1. The Morgan fingerprint density at radius 2 is 1.71 bits per heavy atom. The van der Waals surface area contributed by atoms with Gasteiger partial charge in [-0.3, -0.25) is 9.59 Å². The van der Waals surface area contributed by atoms with Gasteiger partial charge in [0.2, 0.25) is 5.91 Å². The zero-order valence-electron chi connectivity index (χ0n) is 14.3. The number of carbonyl (C=O) groups excluding carboxylic acids is 2. The lowest BCUT2D eigenvalue weighted by molar-refractivity contribution is -0.158. The normalized spacial score (nSPS) is 18.1. The lowest BCUT2D eigenvalue weighted by Crippen LogP contribution is -2.34. The van der Waals surface area contributed by atoms with Crippen molar-refractivity contribution in [1.82, 2.24) is 4.90 Å². The Labute approximate surface area is 129 Å². The molecule has 0 unspecified atom stereocenters. The number of amides is 1. The van der Waals surface area contributed by atoms with E-state index >= 15 is 0 Å². The Bertz CT molecular complexity index is 352. The van der Waals surface area contributed by atoms with Crippen LogP contribution in [0.2, 0.25) is 0 Å². The van der Waals surface area contributed by atoms with Crippen LogP contribution in [0.4, 0.5) is 0 Å². The van der Waals surface area contributed by atoms with Crippen LogP contribution in [0.1, 0.15) is 65.7 Å². The summed E-state index contributed by atoms with van der Waals surface area (Å²) >= 11 is 0. The first-order valence-corrected chi connectivity index (χ1v) is 8.12. The van der Waals surface area contributed by atoms with Crippen LogP contribution >= 0.6 is 0 Å². The molecular weight excluding hydrogens is 266 g/mol. The Morgan fingerprint density at radius 1 is 1.14 bits per heavy atom. The summed E-state index contributed by atoms with van der Waals surface area (Å²) in [6.07, 6.45) is 7.19. The third-order valence-electron chi connectivity index (χ3n) is 3.97. The summed E-state index contributed by atoms with van der Waals surface area (Å²) in [6, 6.07) is 0. The molecule has 21 heavy (non-hydrogen) atoms. The first-order chi connectivity index (χ1) is 9.69. The van der Waals surface area contributed by atoms with Gasteiger partial charge in [0, 0.05) is 20.0 Å². The van der Waals surface area contributed by atoms with Crippen molar-refractivity contribution < 1.29 is 14.3 Å². The molecule has 1 atom stereocenters. The second-order valence-electron chi connectivity index (χ2n) is 7.46. The smallest absolute Gasteiger partial charge is 0.307 e. The van der Waals surface area contributed by atoms with Crippen molar-refractivity contribution in [2.45, 2.75) is 71.3 Å². The predicted molar refractivity (Wildman–Crippen MR) is 83.8 cm³/mol. The Hall–Kier alpha value is -1.06. The molecule has 0 aromatic carbocycles. The van der Waals surface area contributed by atoms with Crippen LogP contribution in [-0.4, -0.2) is 36.5 Å². The van der Waals surface area contributed by atoms with Crippen molar-refractivity contribution in [3.63, 3.8) is 0 Å². The average Bonchev–Trinajstić information content (AvgIpc) is 2.36. The molecular formula is C17H31NO3. The summed E-state index contributed by atoms with van der Waals surface area (Å²) in [4.78, 5) is 26.0. The molecule has 0 spiro atoms. The maximum atomic E-state index is 12.3. The lowest BCUT2D eigenvalue weighted by atomic mass is 9.81. The number of hydrogen-bond acceptors (Lipinski definition) is 3. The highest BCUT2D eigenvalue weighted by molar-refractivity contribution is 5.83. The molecule has 1 aliphatic rings. The first-order valence-electron chi connectivity index (χ1n) is 8.12. The zero-order valence-corrected chi connectivity index (χ0v) is 14.3. The SMILES string of the molecule is CN(C)C(=O)[C@@H](CC(=O)OC(C)(C)C)CC1CCCCC1. The van der Waals surface area contributed by atoms with E-state index in [0.29, 0.717) is 5.92 Å². The molecule has 0 aromatic heterocycles. The van der Waals surface area contributed by atoms with Crippen LogP contribution in [0.25, 0.3) is 0 Å². The van der Waals surface area contributed by atoms with Crippen LogP contribution < -0.4 is 0 Å². The van der Waals surface area contributed by atoms with E-state index < -0.39 is 5.60 Å². The van der Waals surface area contributed by atoms with Crippen LogP contribution in [0.3, 0.4) is 0 Å². The summed E-state index contributed by atoms with van der Waals surface area (Å²) in [7, 11) is 3.51. The molecule has 0 aliphatic heterocycles. The quantitative estimate of drug-likeness (QED) is 0.731. The van der Waals surface area contributed by atoms with Crippen molar-refractivity contribution in [2.24, 2.45) is 11.8 Å². The fourth-order valence-corrected chi connectivity index (χ4v) is 3.05. The Balaban J connectivity index is 2.63. The molecule has 4 heteroatoms. The molecule has 0 bridgehead atoms. The monoisotopic (exact) mass is 297 g/mol. The van der Waals surface area contributed by atoms with E-state index in [9.17, 15) is 9.59 Å². The van der Waals surface area contributed by atoms with Gasteiger partial charge in [0.25, 0.3) is 0 Å². The number of carbonyl (C=O) groups is 2. The summed E-state index contributed by atoms with van der Waals surface area (Å²) < 4.78 is 5.38. The Kier molecular flexibility index (Phi) is 6.69. The van der Waals surface area contributed by atoms with E-state index in [-0.39, 0.29) is 24.2 Å². The molecule has 1 aliphatic carbocycles. The van der Waals surface area contributed by atoms with Gasteiger partial charge in [-0.2, -0.15) is 0 Å². The number of ether oxygens (including phenoxy) is 1. The third-order valence-corrected chi connectivity index (χ3v) is 3.97. The molecule has 1 rings (SSSR count). The van der Waals surface area contributed by atoms with Gasteiger partial charge >= 0.3 is 5.97 Å². The van der Waals surface area contributed by atoms with Crippen molar-refractivity contribution in [3.8, 4) is 0 Å². The second-order valence-corrected chi connectivity index (χ2v) is 7.46. The van der Waals surface area contributed by atoms with Gasteiger partial charge in [0.1, 0.15) is 5.60 Å². The predicted octanol–water partition coefficient (Wildman–Crippen LogP) is 3.39. The summed E-state index contributed by atoms with van der Waals surface area (Å²) in [6.45, 7) is 5.57. The summed E-state index contributed by atoms with van der Waals surface area (Å²) in [5, 5.41) is 0. The lowest BCUT2D eigenvalue weighted by Gasteiger charge is -2.28. The maximum absolute atomic E-state index is 12.3. The largest absolute Gasteiger partial charge is 0.460 e. The maximum Gasteiger partial charge on any atom is 0.307 e. The summed E-state index contributed by atoms with van der Waals surface area (Å²) in [5.41, 5.74) is -0.492. The van der Waals surface area contributed by atoms with Gasteiger partial charge < -0.3 is 9.64 Å². The molecule has 0 aromatic rings. The van der Waals surface area contributed by atoms with Gasteiger partial charge in [-0.05, 0) is 33.1 Å². The second kappa shape index (κ2) is 7.81. The van der Waals surface area contributed by atoms with Crippen LogP contribution in [-0.2, 0) is 14.3 Å². The van der Waals surface area contributed by atoms with Crippen LogP contribution in [0.15, 0.2) is 0 Å². The Morgan fingerprint density at radius 3 is 2.19 bits per heavy atom.